The van der Waals surface area contributed by atoms with Crippen LogP contribution in [0.15, 0.2) is 35.1 Å². The van der Waals surface area contributed by atoms with E-state index in [0.29, 0.717) is 11.5 Å². The van der Waals surface area contributed by atoms with Gasteiger partial charge in [0.15, 0.2) is 17.8 Å². The van der Waals surface area contributed by atoms with Crippen molar-refractivity contribution in [2.75, 3.05) is 33.2 Å². The Bertz CT molecular complexity index is 642. The molecule has 1 aliphatic rings. The molecular weight excluding hydrogens is 266 g/mol. The molecule has 1 aromatic heterocycles. The first-order valence-corrected chi connectivity index (χ1v) is 7.13. The van der Waals surface area contributed by atoms with Crippen LogP contribution in [0.1, 0.15) is 16.1 Å². The van der Waals surface area contributed by atoms with Crippen LogP contribution in [0.25, 0.3) is 11.3 Å². The minimum absolute atomic E-state index is 0.0478. The van der Waals surface area contributed by atoms with Gasteiger partial charge in [0.05, 0.1) is 0 Å². The second kappa shape index (κ2) is 5.69. The van der Waals surface area contributed by atoms with Crippen molar-refractivity contribution in [3.05, 3.63) is 41.9 Å². The summed E-state index contributed by atoms with van der Waals surface area (Å²) in [7, 11) is 2.07. The number of hydrogen-bond acceptors (Lipinski definition) is 4. The molecule has 0 unspecified atom stereocenters. The van der Waals surface area contributed by atoms with Gasteiger partial charge in [0.2, 0.25) is 0 Å². The fraction of sp³-hybridized carbons (Fsp3) is 0.375. The summed E-state index contributed by atoms with van der Waals surface area (Å²) in [5.74, 6) is 0.510. The number of hydrogen-bond donors (Lipinski definition) is 0. The largest absolute Gasteiger partial charge is 0.443 e. The Balaban J connectivity index is 1.87. The van der Waals surface area contributed by atoms with E-state index in [2.05, 4.69) is 16.9 Å². The van der Waals surface area contributed by atoms with Gasteiger partial charge in [-0.2, -0.15) is 0 Å². The highest BCUT2D eigenvalue weighted by molar-refractivity contribution is 5.97. The smallest absolute Gasteiger partial charge is 0.276 e. The molecule has 0 spiro atoms. The third kappa shape index (κ3) is 2.83. The van der Waals surface area contributed by atoms with Crippen LogP contribution in [0.4, 0.5) is 0 Å². The maximum absolute atomic E-state index is 12.6. The average Bonchev–Trinajstić information content (AvgIpc) is 2.97. The lowest BCUT2D eigenvalue weighted by molar-refractivity contribution is 0.0659. The number of rotatable bonds is 2. The van der Waals surface area contributed by atoms with Gasteiger partial charge in [0, 0.05) is 31.7 Å². The summed E-state index contributed by atoms with van der Waals surface area (Å²) in [6, 6.07) is 7.91. The summed E-state index contributed by atoms with van der Waals surface area (Å²) in [4.78, 5) is 20.8. The predicted molar refractivity (Wildman–Crippen MR) is 80.1 cm³/mol. The van der Waals surface area contributed by atoms with Crippen molar-refractivity contribution in [2.45, 2.75) is 6.92 Å². The van der Waals surface area contributed by atoms with Crippen LogP contribution in [0.5, 0.6) is 0 Å². The molecule has 2 aromatic rings. The van der Waals surface area contributed by atoms with Gasteiger partial charge < -0.3 is 14.2 Å². The molecule has 2 heterocycles. The van der Waals surface area contributed by atoms with Crippen molar-refractivity contribution < 1.29 is 9.21 Å². The van der Waals surface area contributed by atoms with E-state index in [1.54, 1.807) is 0 Å². The average molecular weight is 285 g/mol. The first kappa shape index (κ1) is 13.8. The molecule has 5 heteroatoms. The molecule has 1 aromatic carbocycles. The number of aryl methyl sites for hydroxylation is 1. The maximum atomic E-state index is 12.6. The number of oxazole rings is 1. The topological polar surface area (TPSA) is 49.6 Å². The summed E-state index contributed by atoms with van der Waals surface area (Å²) in [5.41, 5.74) is 2.43. The number of piperazine rings is 1. The van der Waals surface area contributed by atoms with Gasteiger partial charge >= 0.3 is 0 Å². The fourth-order valence-electron chi connectivity index (χ4n) is 2.55. The van der Waals surface area contributed by atoms with E-state index < -0.39 is 0 Å². The van der Waals surface area contributed by atoms with Crippen molar-refractivity contribution >= 4 is 5.91 Å². The molecule has 1 saturated heterocycles. The first-order chi connectivity index (χ1) is 10.1. The van der Waals surface area contributed by atoms with Crippen LogP contribution in [0, 0.1) is 6.92 Å². The van der Waals surface area contributed by atoms with Crippen LogP contribution < -0.4 is 0 Å². The van der Waals surface area contributed by atoms with Gasteiger partial charge in [-0.05, 0) is 20.0 Å². The molecule has 0 N–H and O–H groups in total. The predicted octanol–water partition coefficient (Wildman–Crippen LogP) is 2.04. The zero-order valence-corrected chi connectivity index (χ0v) is 12.4. The summed E-state index contributed by atoms with van der Waals surface area (Å²) in [6.45, 7) is 5.26. The molecule has 5 nitrogen and oxygen atoms in total. The summed E-state index contributed by atoms with van der Waals surface area (Å²) in [6.07, 6.45) is 1.35. The van der Waals surface area contributed by atoms with E-state index >= 15 is 0 Å². The van der Waals surface area contributed by atoms with Gasteiger partial charge in [0.25, 0.3) is 5.91 Å². The van der Waals surface area contributed by atoms with Crippen LogP contribution in [0.3, 0.4) is 0 Å². The van der Waals surface area contributed by atoms with Gasteiger partial charge in [0.1, 0.15) is 0 Å². The Morgan fingerprint density at radius 1 is 1.24 bits per heavy atom. The monoisotopic (exact) mass is 285 g/mol. The molecule has 0 aliphatic carbocycles. The standard InChI is InChI=1S/C16H19N3O2/c1-12-4-3-5-13(10-12)15-14(17-11-21-15)16(20)19-8-6-18(2)7-9-19/h3-5,10-11H,6-9H2,1-2H3. The number of benzene rings is 1. The highest BCUT2D eigenvalue weighted by Gasteiger charge is 2.25. The third-order valence-corrected chi connectivity index (χ3v) is 3.84. The highest BCUT2D eigenvalue weighted by atomic mass is 16.3. The Kier molecular flexibility index (Phi) is 3.75. The Morgan fingerprint density at radius 3 is 2.71 bits per heavy atom. The van der Waals surface area contributed by atoms with Gasteiger partial charge in [-0.15, -0.1) is 0 Å². The molecule has 21 heavy (non-hydrogen) atoms. The van der Waals surface area contributed by atoms with Crippen molar-refractivity contribution in [3.8, 4) is 11.3 Å². The van der Waals surface area contributed by atoms with E-state index in [4.69, 9.17) is 4.42 Å². The molecule has 0 atom stereocenters. The molecule has 3 rings (SSSR count). The zero-order chi connectivity index (χ0) is 14.8. The van der Waals surface area contributed by atoms with E-state index in [1.807, 2.05) is 36.1 Å². The van der Waals surface area contributed by atoms with Crippen LogP contribution in [-0.4, -0.2) is 53.9 Å². The summed E-state index contributed by atoms with van der Waals surface area (Å²) < 4.78 is 5.47. The Hall–Kier alpha value is -2.14. The molecule has 0 radical (unpaired) electrons. The number of aromatic nitrogens is 1. The van der Waals surface area contributed by atoms with E-state index in [0.717, 1.165) is 37.3 Å². The van der Waals surface area contributed by atoms with Crippen molar-refractivity contribution in [1.29, 1.82) is 0 Å². The number of nitrogens with zero attached hydrogens (tertiary/aromatic N) is 3. The number of likely N-dealkylation sites (N-methyl/N-ethyl adjacent to an activating group) is 1. The molecule has 110 valence electrons. The molecule has 1 aliphatic heterocycles. The number of carbonyl (C=O) groups excluding carboxylic acids is 1. The summed E-state index contributed by atoms with van der Waals surface area (Å²) >= 11 is 0. The van der Waals surface area contributed by atoms with E-state index in [-0.39, 0.29) is 5.91 Å². The SMILES string of the molecule is Cc1cccc(-c2ocnc2C(=O)N2CCN(C)CC2)c1. The molecular formula is C16H19N3O2. The zero-order valence-electron chi connectivity index (χ0n) is 12.4. The van der Waals surface area contributed by atoms with Gasteiger partial charge in [-0.25, -0.2) is 4.98 Å². The molecule has 0 saturated carbocycles. The van der Waals surface area contributed by atoms with Gasteiger partial charge in [-0.1, -0.05) is 23.8 Å². The number of carbonyl (C=O) groups is 1. The summed E-state index contributed by atoms with van der Waals surface area (Å²) in [5, 5.41) is 0. The lowest BCUT2D eigenvalue weighted by Gasteiger charge is -2.32. The third-order valence-electron chi connectivity index (χ3n) is 3.84. The highest BCUT2D eigenvalue weighted by Crippen LogP contribution is 2.25. The Labute approximate surface area is 124 Å². The minimum atomic E-state index is -0.0478. The normalized spacial score (nSPS) is 16.2. The van der Waals surface area contributed by atoms with Crippen molar-refractivity contribution in [1.82, 2.24) is 14.8 Å². The first-order valence-electron chi connectivity index (χ1n) is 7.13. The number of amides is 1. The fourth-order valence-corrected chi connectivity index (χ4v) is 2.55. The second-order valence-electron chi connectivity index (χ2n) is 5.50. The quantitative estimate of drug-likeness (QED) is 0.847. The molecule has 1 fully saturated rings. The maximum Gasteiger partial charge on any atom is 0.276 e. The molecule has 1 amide bonds. The minimum Gasteiger partial charge on any atom is -0.443 e. The molecule has 0 bridgehead atoms. The van der Waals surface area contributed by atoms with Crippen LogP contribution in [-0.2, 0) is 0 Å². The van der Waals surface area contributed by atoms with E-state index in [9.17, 15) is 4.79 Å². The van der Waals surface area contributed by atoms with Crippen LogP contribution >= 0.6 is 0 Å². The van der Waals surface area contributed by atoms with E-state index in [1.165, 1.54) is 6.39 Å². The lowest BCUT2D eigenvalue weighted by atomic mass is 10.1. The Morgan fingerprint density at radius 2 is 2.00 bits per heavy atom. The van der Waals surface area contributed by atoms with Gasteiger partial charge in [-0.3, -0.25) is 4.79 Å². The van der Waals surface area contributed by atoms with Crippen molar-refractivity contribution in [3.63, 3.8) is 0 Å². The van der Waals surface area contributed by atoms with Crippen molar-refractivity contribution in [2.24, 2.45) is 0 Å². The second-order valence-corrected chi connectivity index (χ2v) is 5.50. The lowest BCUT2D eigenvalue weighted by Crippen LogP contribution is -2.47. The van der Waals surface area contributed by atoms with Crippen LogP contribution in [0.2, 0.25) is 0 Å².